The predicted molar refractivity (Wildman–Crippen MR) is 90.3 cm³/mol. The molecular formula is C19H29NO2. The van der Waals surface area contributed by atoms with E-state index in [-0.39, 0.29) is 5.91 Å². The van der Waals surface area contributed by atoms with Gasteiger partial charge < -0.3 is 10.1 Å². The molecule has 0 saturated heterocycles. The molecule has 1 aromatic carbocycles. The second-order valence-electron chi connectivity index (χ2n) is 6.41. The monoisotopic (exact) mass is 303 g/mol. The van der Waals surface area contributed by atoms with Crippen LogP contribution in [0.4, 0.5) is 0 Å². The SMILES string of the molecule is CC[C@@H](Oc1cccc(C)c1C)C(=O)NC1CCCCCC1. The van der Waals surface area contributed by atoms with Crippen LogP contribution < -0.4 is 10.1 Å². The van der Waals surface area contributed by atoms with Crippen LogP contribution in [-0.2, 0) is 4.79 Å². The summed E-state index contributed by atoms with van der Waals surface area (Å²) in [6.07, 6.45) is 7.52. The van der Waals surface area contributed by atoms with Crippen molar-refractivity contribution in [2.45, 2.75) is 77.9 Å². The number of hydrogen-bond acceptors (Lipinski definition) is 2. The molecule has 1 saturated carbocycles. The van der Waals surface area contributed by atoms with Gasteiger partial charge >= 0.3 is 0 Å². The summed E-state index contributed by atoms with van der Waals surface area (Å²) in [4.78, 5) is 12.5. The molecule has 22 heavy (non-hydrogen) atoms. The molecule has 0 heterocycles. The number of hydrogen-bond donors (Lipinski definition) is 1. The summed E-state index contributed by atoms with van der Waals surface area (Å²) in [6, 6.07) is 6.32. The average Bonchev–Trinajstić information content (AvgIpc) is 2.77. The van der Waals surface area contributed by atoms with Crippen LogP contribution in [0, 0.1) is 13.8 Å². The highest BCUT2D eigenvalue weighted by atomic mass is 16.5. The third kappa shape index (κ3) is 4.49. The Hall–Kier alpha value is -1.51. The van der Waals surface area contributed by atoms with Gasteiger partial charge in [-0.15, -0.1) is 0 Å². The minimum Gasteiger partial charge on any atom is -0.480 e. The van der Waals surface area contributed by atoms with Gasteiger partial charge in [-0.3, -0.25) is 4.79 Å². The van der Waals surface area contributed by atoms with E-state index in [1.54, 1.807) is 0 Å². The van der Waals surface area contributed by atoms with Gasteiger partial charge in [-0.25, -0.2) is 0 Å². The molecule has 0 unspecified atom stereocenters. The molecule has 0 spiro atoms. The standard InChI is InChI=1S/C19H29NO2/c1-4-17(22-18-13-9-10-14(2)15(18)3)19(21)20-16-11-7-5-6-8-12-16/h9-10,13,16-17H,4-8,11-12H2,1-3H3,(H,20,21)/t17-/m1/s1. The minimum atomic E-state index is -0.399. The van der Waals surface area contributed by atoms with Gasteiger partial charge in [0.25, 0.3) is 5.91 Å². The molecule has 1 N–H and O–H groups in total. The first kappa shape index (κ1) is 16.9. The summed E-state index contributed by atoms with van der Waals surface area (Å²) in [5.74, 6) is 0.859. The summed E-state index contributed by atoms with van der Waals surface area (Å²) in [5.41, 5.74) is 2.31. The van der Waals surface area contributed by atoms with E-state index < -0.39 is 6.10 Å². The predicted octanol–water partition coefficient (Wildman–Crippen LogP) is 4.30. The molecule has 1 atom stereocenters. The highest BCUT2D eigenvalue weighted by Crippen LogP contribution is 2.23. The van der Waals surface area contributed by atoms with Gasteiger partial charge in [0.15, 0.2) is 6.10 Å². The highest BCUT2D eigenvalue weighted by molar-refractivity contribution is 5.81. The lowest BCUT2D eigenvalue weighted by molar-refractivity contribution is -0.129. The van der Waals surface area contributed by atoms with Gasteiger partial charge in [0.1, 0.15) is 5.75 Å². The van der Waals surface area contributed by atoms with E-state index >= 15 is 0 Å². The molecule has 0 aliphatic heterocycles. The normalized spacial score (nSPS) is 17.6. The van der Waals surface area contributed by atoms with Crippen LogP contribution in [-0.4, -0.2) is 18.1 Å². The van der Waals surface area contributed by atoms with Gasteiger partial charge in [-0.1, -0.05) is 44.7 Å². The Balaban J connectivity index is 1.97. The van der Waals surface area contributed by atoms with Gasteiger partial charge in [-0.05, 0) is 50.3 Å². The zero-order chi connectivity index (χ0) is 15.9. The van der Waals surface area contributed by atoms with Gasteiger partial charge in [0.05, 0.1) is 0 Å². The Kier molecular flexibility index (Phi) is 6.29. The third-order valence-corrected chi connectivity index (χ3v) is 4.69. The van der Waals surface area contributed by atoms with Crippen molar-refractivity contribution in [3.63, 3.8) is 0 Å². The lowest BCUT2D eigenvalue weighted by Gasteiger charge is -2.23. The maximum absolute atomic E-state index is 12.5. The van der Waals surface area contributed by atoms with Crippen LogP contribution in [0.1, 0.15) is 63.0 Å². The van der Waals surface area contributed by atoms with Crippen LogP contribution in [0.5, 0.6) is 5.75 Å². The fourth-order valence-electron chi connectivity index (χ4n) is 3.05. The summed E-state index contributed by atoms with van der Waals surface area (Å²) < 4.78 is 6.00. The van der Waals surface area contributed by atoms with Crippen molar-refractivity contribution < 1.29 is 9.53 Å². The lowest BCUT2D eigenvalue weighted by atomic mass is 10.1. The van der Waals surface area contributed by atoms with E-state index in [9.17, 15) is 4.79 Å². The van der Waals surface area contributed by atoms with Crippen molar-refractivity contribution in [3.8, 4) is 5.75 Å². The topological polar surface area (TPSA) is 38.3 Å². The van der Waals surface area contributed by atoms with Crippen molar-refractivity contribution in [1.29, 1.82) is 0 Å². The minimum absolute atomic E-state index is 0.0373. The van der Waals surface area contributed by atoms with E-state index in [0.717, 1.165) is 24.2 Å². The van der Waals surface area contributed by atoms with Gasteiger partial charge in [0, 0.05) is 6.04 Å². The highest BCUT2D eigenvalue weighted by Gasteiger charge is 2.23. The molecule has 1 fully saturated rings. The first-order chi connectivity index (χ1) is 10.6. The van der Waals surface area contributed by atoms with Crippen LogP contribution in [0.25, 0.3) is 0 Å². The summed E-state index contributed by atoms with van der Waals surface area (Å²) in [7, 11) is 0. The van der Waals surface area contributed by atoms with Crippen LogP contribution in [0.3, 0.4) is 0 Å². The van der Waals surface area contributed by atoms with Crippen LogP contribution >= 0.6 is 0 Å². The molecule has 122 valence electrons. The quantitative estimate of drug-likeness (QED) is 0.824. The number of amides is 1. The largest absolute Gasteiger partial charge is 0.480 e. The average molecular weight is 303 g/mol. The van der Waals surface area contributed by atoms with Crippen molar-refractivity contribution >= 4 is 5.91 Å². The third-order valence-electron chi connectivity index (χ3n) is 4.69. The molecule has 3 nitrogen and oxygen atoms in total. The zero-order valence-corrected chi connectivity index (χ0v) is 14.2. The van der Waals surface area contributed by atoms with Crippen LogP contribution in [0.2, 0.25) is 0 Å². The first-order valence-corrected chi connectivity index (χ1v) is 8.65. The number of aryl methyl sites for hydroxylation is 1. The Morgan fingerprint density at radius 2 is 1.91 bits per heavy atom. The molecule has 1 amide bonds. The molecule has 1 aromatic rings. The number of carbonyl (C=O) groups excluding carboxylic acids is 1. The van der Waals surface area contributed by atoms with E-state index in [1.807, 2.05) is 26.0 Å². The number of nitrogens with one attached hydrogen (secondary N) is 1. The summed E-state index contributed by atoms with van der Waals surface area (Å²) >= 11 is 0. The molecule has 3 heteroatoms. The number of ether oxygens (including phenoxy) is 1. The number of benzene rings is 1. The van der Waals surface area contributed by atoms with E-state index in [1.165, 1.54) is 31.2 Å². The zero-order valence-electron chi connectivity index (χ0n) is 14.2. The summed E-state index contributed by atoms with van der Waals surface area (Å²) in [6.45, 7) is 6.11. The van der Waals surface area contributed by atoms with E-state index in [4.69, 9.17) is 4.74 Å². The Morgan fingerprint density at radius 1 is 1.23 bits per heavy atom. The second-order valence-corrected chi connectivity index (χ2v) is 6.41. The molecule has 1 aliphatic carbocycles. The molecule has 2 rings (SSSR count). The lowest BCUT2D eigenvalue weighted by Crippen LogP contribution is -2.43. The van der Waals surface area contributed by atoms with Crippen molar-refractivity contribution in [2.24, 2.45) is 0 Å². The van der Waals surface area contributed by atoms with Gasteiger partial charge in [-0.2, -0.15) is 0 Å². The maximum atomic E-state index is 12.5. The summed E-state index contributed by atoms with van der Waals surface area (Å²) in [5, 5.41) is 3.20. The van der Waals surface area contributed by atoms with E-state index in [2.05, 4.69) is 18.3 Å². The smallest absolute Gasteiger partial charge is 0.261 e. The maximum Gasteiger partial charge on any atom is 0.261 e. The number of carbonyl (C=O) groups is 1. The molecular weight excluding hydrogens is 274 g/mol. The van der Waals surface area contributed by atoms with Crippen molar-refractivity contribution in [1.82, 2.24) is 5.32 Å². The molecule has 1 aliphatic rings. The Bertz CT molecular complexity index is 490. The molecule has 0 bridgehead atoms. The Morgan fingerprint density at radius 3 is 2.55 bits per heavy atom. The van der Waals surface area contributed by atoms with Crippen molar-refractivity contribution in [3.05, 3.63) is 29.3 Å². The molecule has 0 aromatic heterocycles. The first-order valence-electron chi connectivity index (χ1n) is 8.65. The number of rotatable bonds is 5. The molecule has 0 radical (unpaired) electrons. The fourth-order valence-corrected chi connectivity index (χ4v) is 3.05. The van der Waals surface area contributed by atoms with Crippen molar-refractivity contribution in [2.75, 3.05) is 0 Å². The van der Waals surface area contributed by atoms with Gasteiger partial charge in [0.2, 0.25) is 0 Å². The van der Waals surface area contributed by atoms with E-state index in [0.29, 0.717) is 12.5 Å². The Labute approximate surface area is 134 Å². The fraction of sp³-hybridized carbons (Fsp3) is 0.632. The second kappa shape index (κ2) is 8.21. The van der Waals surface area contributed by atoms with Crippen LogP contribution in [0.15, 0.2) is 18.2 Å².